The lowest BCUT2D eigenvalue weighted by atomic mass is 9.99. The summed E-state index contributed by atoms with van der Waals surface area (Å²) in [4.78, 5) is 10.2. The van der Waals surface area contributed by atoms with E-state index in [-0.39, 0.29) is 0 Å². The Balaban J connectivity index is 1.88. The van der Waals surface area contributed by atoms with Crippen LogP contribution in [0.15, 0.2) is 24.3 Å². The van der Waals surface area contributed by atoms with Gasteiger partial charge in [-0.3, -0.25) is 0 Å². The molecule has 1 aliphatic rings. The van der Waals surface area contributed by atoms with Gasteiger partial charge in [0.05, 0.1) is 0 Å². The zero-order chi connectivity index (χ0) is 9.80. The summed E-state index contributed by atoms with van der Waals surface area (Å²) in [6.45, 7) is 0. The van der Waals surface area contributed by atoms with Crippen molar-refractivity contribution in [1.29, 1.82) is 0 Å². The van der Waals surface area contributed by atoms with Crippen LogP contribution in [0.1, 0.15) is 30.4 Å². The average molecular weight is 188 g/mol. The van der Waals surface area contributed by atoms with E-state index in [0.717, 1.165) is 25.0 Å². The first-order chi connectivity index (χ1) is 6.90. The van der Waals surface area contributed by atoms with Gasteiger partial charge in [0, 0.05) is 6.42 Å². The number of carbonyl (C=O) groups is 1. The van der Waals surface area contributed by atoms with Crippen molar-refractivity contribution in [3.8, 4) is 0 Å². The van der Waals surface area contributed by atoms with E-state index in [2.05, 4.69) is 24.3 Å². The van der Waals surface area contributed by atoms with E-state index < -0.39 is 0 Å². The normalized spacial score (nSPS) is 15.4. The van der Waals surface area contributed by atoms with Gasteiger partial charge in [0.1, 0.15) is 6.29 Å². The van der Waals surface area contributed by atoms with Crippen LogP contribution in [0.25, 0.3) is 0 Å². The lowest BCUT2D eigenvalue weighted by Crippen LogP contribution is -1.99. The maximum absolute atomic E-state index is 10.2. The molecular formula is C13H16O. The van der Waals surface area contributed by atoms with Crippen LogP contribution in [0, 0.1) is 5.92 Å². The number of unbranched alkanes of at least 4 members (excludes halogenated alkanes) is 1. The Kier molecular flexibility index (Phi) is 2.97. The molecule has 0 radical (unpaired) electrons. The molecule has 0 fully saturated rings. The smallest absolute Gasteiger partial charge is 0.119 e. The van der Waals surface area contributed by atoms with Gasteiger partial charge in [-0.1, -0.05) is 24.3 Å². The van der Waals surface area contributed by atoms with Crippen LogP contribution in [0.5, 0.6) is 0 Å². The summed E-state index contributed by atoms with van der Waals surface area (Å²) in [6.07, 6.45) is 6.45. The molecule has 0 amide bonds. The standard InChI is InChI=1S/C13H16O/c14-8-4-3-5-11-9-12-6-1-2-7-13(12)10-11/h1-2,6-8,11H,3-5,9-10H2. The van der Waals surface area contributed by atoms with Gasteiger partial charge in [0.25, 0.3) is 0 Å². The summed E-state index contributed by atoms with van der Waals surface area (Å²) in [5.74, 6) is 0.785. The van der Waals surface area contributed by atoms with Crippen LogP contribution >= 0.6 is 0 Å². The molecule has 0 unspecified atom stereocenters. The third kappa shape index (κ3) is 2.03. The van der Waals surface area contributed by atoms with Crippen molar-refractivity contribution in [3.63, 3.8) is 0 Å². The third-order valence-electron chi connectivity index (χ3n) is 3.07. The third-order valence-corrected chi connectivity index (χ3v) is 3.07. The van der Waals surface area contributed by atoms with E-state index >= 15 is 0 Å². The van der Waals surface area contributed by atoms with Gasteiger partial charge in [-0.2, -0.15) is 0 Å². The quantitative estimate of drug-likeness (QED) is 0.524. The predicted molar refractivity (Wildman–Crippen MR) is 57.3 cm³/mol. The molecule has 0 atom stereocenters. The zero-order valence-corrected chi connectivity index (χ0v) is 8.41. The van der Waals surface area contributed by atoms with E-state index in [9.17, 15) is 4.79 Å². The summed E-state index contributed by atoms with van der Waals surface area (Å²) in [5.41, 5.74) is 3.03. The maximum atomic E-state index is 10.2. The zero-order valence-electron chi connectivity index (χ0n) is 8.41. The summed E-state index contributed by atoms with van der Waals surface area (Å²) in [5, 5.41) is 0. The summed E-state index contributed by atoms with van der Waals surface area (Å²) in [7, 11) is 0. The van der Waals surface area contributed by atoms with Gasteiger partial charge in [-0.05, 0) is 42.7 Å². The topological polar surface area (TPSA) is 17.1 Å². The highest BCUT2D eigenvalue weighted by atomic mass is 16.1. The van der Waals surface area contributed by atoms with Gasteiger partial charge in [-0.15, -0.1) is 0 Å². The van der Waals surface area contributed by atoms with Crippen molar-refractivity contribution in [1.82, 2.24) is 0 Å². The van der Waals surface area contributed by atoms with E-state index in [4.69, 9.17) is 0 Å². The van der Waals surface area contributed by atoms with E-state index in [1.54, 1.807) is 0 Å². The molecule has 1 aliphatic carbocycles. The fourth-order valence-corrected chi connectivity index (χ4v) is 2.34. The van der Waals surface area contributed by atoms with E-state index in [1.165, 1.54) is 30.4 Å². The van der Waals surface area contributed by atoms with Gasteiger partial charge in [-0.25, -0.2) is 0 Å². The second-order valence-corrected chi connectivity index (χ2v) is 4.14. The van der Waals surface area contributed by atoms with Crippen molar-refractivity contribution >= 4 is 6.29 Å². The molecule has 0 spiro atoms. The first-order valence-electron chi connectivity index (χ1n) is 5.40. The summed E-state index contributed by atoms with van der Waals surface area (Å²) < 4.78 is 0. The second kappa shape index (κ2) is 4.41. The highest BCUT2D eigenvalue weighted by molar-refractivity contribution is 5.49. The molecule has 0 aromatic heterocycles. The maximum Gasteiger partial charge on any atom is 0.119 e. The van der Waals surface area contributed by atoms with Gasteiger partial charge >= 0.3 is 0 Å². The van der Waals surface area contributed by atoms with Crippen LogP contribution in [0.3, 0.4) is 0 Å². The van der Waals surface area contributed by atoms with Crippen LogP contribution in [0.2, 0.25) is 0 Å². The first-order valence-corrected chi connectivity index (χ1v) is 5.40. The SMILES string of the molecule is O=CCCCC1Cc2ccccc2C1. The Morgan fingerprint density at radius 2 is 1.86 bits per heavy atom. The minimum absolute atomic E-state index is 0.729. The van der Waals surface area contributed by atoms with Crippen LogP contribution in [-0.4, -0.2) is 6.29 Å². The highest BCUT2D eigenvalue weighted by Crippen LogP contribution is 2.29. The average Bonchev–Trinajstić information content (AvgIpc) is 2.60. The largest absolute Gasteiger partial charge is 0.303 e. The lowest BCUT2D eigenvalue weighted by Gasteiger charge is -2.05. The summed E-state index contributed by atoms with van der Waals surface area (Å²) in [6, 6.07) is 8.70. The molecule has 74 valence electrons. The van der Waals surface area contributed by atoms with Gasteiger partial charge in [0.2, 0.25) is 0 Å². The molecular weight excluding hydrogens is 172 g/mol. The van der Waals surface area contributed by atoms with Gasteiger partial charge in [0.15, 0.2) is 0 Å². The molecule has 1 aromatic rings. The highest BCUT2D eigenvalue weighted by Gasteiger charge is 2.19. The molecule has 0 N–H and O–H groups in total. The monoisotopic (exact) mass is 188 g/mol. The number of aldehydes is 1. The fourth-order valence-electron chi connectivity index (χ4n) is 2.34. The van der Waals surface area contributed by atoms with Crippen molar-refractivity contribution in [2.75, 3.05) is 0 Å². The number of fused-ring (bicyclic) bond motifs is 1. The van der Waals surface area contributed by atoms with Crippen molar-refractivity contribution in [2.45, 2.75) is 32.1 Å². The minimum Gasteiger partial charge on any atom is -0.303 e. The molecule has 1 nitrogen and oxygen atoms in total. The molecule has 1 aromatic carbocycles. The predicted octanol–water partition coefficient (Wildman–Crippen LogP) is 2.77. The van der Waals surface area contributed by atoms with E-state index in [1.807, 2.05) is 0 Å². The number of benzene rings is 1. The lowest BCUT2D eigenvalue weighted by molar-refractivity contribution is -0.107. The number of rotatable bonds is 4. The van der Waals surface area contributed by atoms with E-state index in [0.29, 0.717) is 0 Å². The van der Waals surface area contributed by atoms with Crippen LogP contribution in [0.4, 0.5) is 0 Å². The van der Waals surface area contributed by atoms with Crippen molar-refractivity contribution in [3.05, 3.63) is 35.4 Å². The Morgan fingerprint density at radius 1 is 1.21 bits per heavy atom. The molecule has 0 heterocycles. The minimum atomic E-state index is 0.729. The Morgan fingerprint density at radius 3 is 2.43 bits per heavy atom. The van der Waals surface area contributed by atoms with Crippen molar-refractivity contribution in [2.24, 2.45) is 5.92 Å². The molecule has 2 rings (SSSR count). The molecule has 0 saturated carbocycles. The number of hydrogen-bond donors (Lipinski definition) is 0. The Labute approximate surface area is 85.1 Å². The molecule has 0 saturated heterocycles. The number of hydrogen-bond acceptors (Lipinski definition) is 1. The molecule has 0 aliphatic heterocycles. The first kappa shape index (κ1) is 9.45. The Bertz CT molecular complexity index is 292. The Hall–Kier alpha value is -1.11. The fraction of sp³-hybridized carbons (Fsp3) is 0.462. The van der Waals surface area contributed by atoms with Crippen LogP contribution < -0.4 is 0 Å². The van der Waals surface area contributed by atoms with Crippen molar-refractivity contribution < 1.29 is 4.79 Å². The molecule has 14 heavy (non-hydrogen) atoms. The molecule has 1 heteroatoms. The van der Waals surface area contributed by atoms with Crippen LogP contribution in [-0.2, 0) is 17.6 Å². The van der Waals surface area contributed by atoms with Gasteiger partial charge < -0.3 is 4.79 Å². The second-order valence-electron chi connectivity index (χ2n) is 4.14. The number of carbonyl (C=O) groups excluding carboxylic acids is 1. The summed E-state index contributed by atoms with van der Waals surface area (Å²) >= 11 is 0. The molecule has 0 bridgehead atoms.